The van der Waals surface area contributed by atoms with E-state index in [1.54, 1.807) is 6.07 Å². The first kappa shape index (κ1) is 13.1. The van der Waals surface area contributed by atoms with Crippen LogP contribution in [0.4, 0.5) is 0 Å². The van der Waals surface area contributed by atoms with Crippen LogP contribution in [-0.2, 0) is 6.54 Å². The summed E-state index contributed by atoms with van der Waals surface area (Å²) in [6.07, 6.45) is 7.72. The van der Waals surface area contributed by atoms with E-state index in [-0.39, 0.29) is 5.76 Å². The van der Waals surface area contributed by atoms with Gasteiger partial charge in [0.2, 0.25) is 5.76 Å². The molecule has 1 heterocycles. The molecular weight excluding hydrogens is 230 g/mol. The Morgan fingerprint density at radius 3 is 2.61 bits per heavy atom. The van der Waals surface area contributed by atoms with Gasteiger partial charge in [0.25, 0.3) is 0 Å². The molecule has 1 aromatic rings. The predicted molar refractivity (Wildman–Crippen MR) is 68.7 cm³/mol. The fraction of sp³-hybridized carbons (Fsp3) is 0.643. The SMILES string of the molecule is Cc1oc(C(=O)O)cc1CNC1CCCCCC1. The van der Waals surface area contributed by atoms with E-state index in [0.29, 0.717) is 18.3 Å². The van der Waals surface area contributed by atoms with Crippen LogP contribution < -0.4 is 5.32 Å². The fourth-order valence-electron chi connectivity index (χ4n) is 2.54. The number of nitrogens with one attached hydrogen (secondary N) is 1. The van der Waals surface area contributed by atoms with Crippen LogP contribution in [0.25, 0.3) is 0 Å². The fourth-order valence-corrected chi connectivity index (χ4v) is 2.54. The van der Waals surface area contributed by atoms with Gasteiger partial charge in [-0.1, -0.05) is 25.7 Å². The van der Waals surface area contributed by atoms with Gasteiger partial charge in [0.15, 0.2) is 0 Å². The van der Waals surface area contributed by atoms with E-state index in [2.05, 4.69) is 5.32 Å². The number of rotatable bonds is 4. The normalized spacial score (nSPS) is 17.6. The molecule has 0 aromatic carbocycles. The minimum atomic E-state index is -1.00. The molecule has 0 aliphatic heterocycles. The van der Waals surface area contributed by atoms with E-state index in [1.165, 1.54) is 38.5 Å². The number of carboxylic acids is 1. The highest BCUT2D eigenvalue weighted by Gasteiger charge is 2.15. The summed E-state index contributed by atoms with van der Waals surface area (Å²) in [5.74, 6) is -0.266. The van der Waals surface area contributed by atoms with Gasteiger partial charge in [-0.25, -0.2) is 4.79 Å². The molecule has 0 atom stereocenters. The molecule has 0 amide bonds. The molecule has 0 spiro atoms. The predicted octanol–water partition coefficient (Wildman–Crippen LogP) is 3.10. The smallest absolute Gasteiger partial charge is 0.371 e. The van der Waals surface area contributed by atoms with E-state index in [0.717, 1.165) is 5.56 Å². The standard InChI is InChI=1S/C14H21NO3/c1-10-11(8-13(18-10)14(16)17)9-15-12-6-4-2-3-5-7-12/h8,12,15H,2-7,9H2,1H3,(H,16,17). The second kappa shape index (κ2) is 6.05. The maximum atomic E-state index is 10.8. The summed E-state index contributed by atoms with van der Waals surface area (Å²) in [6.45, 7) is 2.52. The maximum Gasteiger partial charge on any atom is 0.371 e. The van der Waals surface area contributed by atoms with Crippen molar-refractivity contribution < 1.29 is 14.3 Å². The van der Waals surface area contributed by atoms with E-state index in [4.69, 9.17) is 9.52 Å². The van der Waals surface area contributed by atoms with Gasteiger partial charge in [-0.3, -0.25) is 0 Å². The largest absolute Gasteiger partial charge is 0.475 e. The van der Waals surface area contributed by atoms with Gasteiger partial charge >= 0.3 is 5.97 Å². The molecule has 0 bridgehead atoms. The van der Waals surface area contributed by atoms with Gasteiger partial charge in [-0.15, -0.1) is 0 Å². The van der Waals surface area contributed by atoms with Crippen LogP contribution in [0.2, 0.25) is 0 Å². The van der Waals surface area contributed by atoms with Crippen molar-refractivity contribution in [1.29, 1.82) is 0 Å². The maximum absolute atomic E-state index is 10.8. The lowest BCUT2D eigenvalue weighted by Crippen LogP contribution is -2.27. The first-order valence-electron chi connectivity index (χ1n) is 6.73. The summed E-state index contributed by atoms with van der Waals surface area (Å²) in [7, 11) is 0. The summed E-state index contributed by atoms with van der Waals surface area (Å²) >= 11 is 0. The number of carbonyl (C=O) groups is 1. The third-order valence-electron chi connectivity index (χ3n) is 3.67. The molecule has 1 saturated carbocycles. The van der Waals surface area contributed by atoms with E-state index >= 15 is 0 Å². The summed E-state index contributed by atoms with van der Waals surface area (Å²) in [5, 5.41) is 12.4. The molecular formula is C14H21NO3. The molecule has 0 unspecified atom stereocenters. The highest BCUT2D eigenvalue weighted by atomic mass is 16.4. The van der Waals surface area contributed by atoms with E-state index in [9.17, 15) is 4.79 Å². The monoisotopic (exact) mass is 251 g/mol. The van der Waals surface area contributed by atoms with Crippen molar-refractivity contribution in [1.82, 2.24) is 5.32 Å². The Labute approximate surface area is 107 Å². The molecule has 2 N–H and O–H groups in total. The lowest BCUT2D eigenvalue weighted by atomic mass is 10.1. The lowest BCUT2D eigenvalue weighted by Gasteiger charge is -2.15. The van der Waals surface area contributed by atoms with Crippen molar-refractivity contribution >= 4 is 5.97 Å². The van der Waals surface area contributed by atoms with Crippen molar-refractivity contribution in [2.24, 2.45) is 0 Å². The van der Waals surface area contributed by atoms with Crippen molar-refractivity contribution in [3.8, 4) is 0 Å². The van der Waals surface area contributed by atoms with Crippen molar-refractivity contribution in [3.05, 3.63) is 23.2 Å². The summed E-state index contributed by atoms with van der Waals surface area (Å²) < 4.78 is 5.20. The van der Waals surface area contributed by atoms with Crippen LogP contribution in [0.1, 0.15) is 60.4 Å². The Bertz CT molecular complexity index is 403. The van der Waals surface area contributed by atoms with Crippen LogP contribution in [0.3, 0.4) is 0 Å². The highest BCUT2D eigenvalue weighted by Crippen LogP contribution is 2.19. The van der Waals surface area contributed by atoms with Gasteiger partial charge in [-0.2, -0.15) is 0 Å². The minimum Gasteiger partial charge on any atom is -0.475 e. The van der Waals surface area contributed by atoms with Crippen molar-refractivity contribution in [2.45, 2.75) is 58.0 Å². The van der Waals surface area contributed by atoms with Crippen LogP contribution in [0.5, 0.6) is 0 Å². The van der Waals surface area contributed by atoms with Crippen molar-refractivity contribution in [2.75, 3.05) is 0 Å². The Morgan fingerprint density at radius 1 is 1.39 bits per heavy atom. The van der Waals surface area contributed by atoms with Gasteiger partial charge in [0, 0.05) is 18.2 Å². The zero-order chi connectivity index (χ0) is 13.0. The molecule has 4 nitrogen and oxygen atoms in total. The molecule has 2 rings (SSSR count). The summed E-state index contributed by atoms with van der Waals surface area (Å²) in [6, 6.07) is 2.19. The zero-order valence-corrected chi connectivity index (χ0v) is 10.9. The van der Waals surface area contributed by atoms with Gasteiger partial charge in [-0.05, 0) is 25.8 Å². The molecule has 4 heteroatoms. The van der Waals surface area contributed by atoms with E-state index in [1.807, 2.05) is 6.92 Å². The minimum absolute atomic E-state index is 0.0326. The number of hydrogen-bond acceptors (Lipinski definition) is 3. The molecule has 1 fully saturated rings. The average molecular weight is 251 g/mol. The first-order chi connectivity index (χ1) is 8.66. The molecule has 1 aliphatic carbocycles. The molecule has 100 valence electrons. The quantitative estimate of drug-likeness (QED) is 0.807. The second-order valence-corrected chi connectivity index (χ2v) is 5.07. The Kier molecular flexibility index (Phi) is 4.42. The number of aryl methyl sites for hydroxylation is 1. The molecule has 1 aromatic heterocycles. The van der Waals surface area contributed by atoms with Crippen LogP contribution >= 0.6 is 0 Å². The third-order valence-corrected chi connectivity index (χ3v) is 3.67. The number of hydrogen-bond donors (Lipinski definition) is 2. The second-order valence-electron chi connectivity index (χ2n) is 5.07. The molecule has 0 radical (unpaired) electrons. The molecule has 0 saturated heterocycles. The Morgan fingerprint density at radius 2 is 2.06 bits per heavy atom. The van der Waals surface area contributed by atoms with Gasteiger partial charge in [0.1, 0.15) is 5.76 Å². The topological polar surface area (TPSA) is 62.5 Å². The van der Waals surface area contributed by atoms with E-state index < -0.39 is 5.97 Å². The van der Waals surface area contributed by atoms with Crippen LogP contribution in [0.15, 0.2) is 10.5 Å². The number of furan rings is 1. The van der Waals surface area contributed by atoms with Crippen LogP contribution in [0, 0.1) is 6.92 Å². The van der Waals surface area contributed by atoms with Crippen LogP contribution in [-0.4, -0.2) is 17.1 Å². The highest BCUT2D eigenvalue weighted by molar-refractivity contribution is 5.84. The average Bonchev–Trinajstić information content (AvgIpc) is 2.56. The first-order valence-corrected chi connectivity index (χ1v) is 6.73. The Balaban J connectivity index is 1.90. The molecule has 1 aliphatic rings. The summed E-state index contributed by atoms with van der Waals surface area (Å²) in [5.41, 5.74) is 0.955. The molecule has 18 heavy (non-hydrogen) atoms. The third kappa shape index (κ3) is 3.35. The lowest BCUT2D eigenvalue weighted by molar-refractivity contribution is 0.0661. The van der Waals surface area contributed by atoms with Crippen molar-refractivity contribution in [3.63, 3.8) is 0 Å². The number of aromatic carboxylic acids is 1. The van der Waals surface area contributed by atoms with Gasteiger partial charge < -0.3 is 14.8 Å². The zero-order valence-electron chi connectivity index (χ0n) is 10.9. The summed E-state index contributed by atoms with van der Waals surface area (Å²) in [4.78, 5) is 10.8. The number of carboxylic acid groups (broad SMARTS) is 1. The Hall–Kier alpha value is -1.29. The van der Waals surface area contributed by atoms with Gasteiger partial charge in [0.05, 0.1) is 0 Å².